The molecule has 7 rings (SSSR count). The number of para-hydroxylation sites is 1. The lowest BCUT2D eigenvalue weighted by Gasteiger charge is -2.10. The molecule has 0 amide bonds. The topological polar surface area (TPSA) is 87.5 Å². The maximum Gasteiger partial charge on any atom is 0.291 e. The molecular weight excluding hydrogens is 534 g/mol. The van der Waals surface area contributed by atoms with E-state index < -0.39 is 0 Å². The van der Waals surface area contributed by atoms with Crippen molar-refractivity contribution in [2.24, 2.45) is 0 Å². The van der Waals surface area contributed by atoms with Crippen LogP contribution in [0, 0.1) is 6.92 Å². The van der Waals surface area contributed by atoms with Gasteiger partial charge in [0.1, 0.15) is 18.1 Å². The molecule has 0 aliphatic heterocycles. The number of ether oxygens (including phenoxy) is 1. The average Bonchev–Trinajstić information content (AvgIpc) is 3.80. The van der Waals surface area contributed by atoms with E-state index in [0.717, 1.165) is 39.4 Å². The fourth-order valence-corrected chi connectivity index (χ4v) is 5.51. The molecule has 0 unspecified atom stereocenters. The van der Waals surface area contributed by atoms with Gasteiger partial charge >= 0.3 is 0 Å². The average molecular weight is 558 g/mol. The highest BCUT2D eigenvalue weighted by Gasteiger charge is 2.16. The standard InChI is InChI=1S/C32H23N5O3S/c1-21-17-23(14-15-26(21)40-20-22-9-4-2-5-10-22)29-24(19-36(34-29)25-11-6-3-7-12-25)18-28-31(38)37-32(41-28)33-30(35-37)27-13-8-16-39-27/h2-19H,20H2,1H3/b28-18-. The lowest BCUT2D eigenvalue weighted by atomic mass is 10.0. The number of aromatic nitrogens is 5. The molecule has 0 saturated heterocycles. The lowest BCUT2D eigenvalue weighted by molar-refractivity contribution is 0.304. The smallest absolute Gasteiger partial charge is 0.291 e. The molecule has 0 N–H and O–H groups in total. The van der Waals surface area contributed by atoms with E-state index in [2.05, 4.69) is 16.1 Å². The molecule has 0 aliphatic carbocycles. The fourth-order valence-electron chi connectivity index (χ4n) is 4.61. The quantitative estimate of drug-likeness (QED) is 0.250. The summed E-state index contributed by atoms with van der Waals surface area (Å²) in [6.45, 7) is 2.51. The van der Waals surface area contributed by atoms with Crippen LogP contribution in [0.4, 0.5) is 0 Å². The van der Waals surface area contributed by atoms with Crippen LogP contribution < -0.4 is 14.8 Å². The number of hydrogen-bond acceptors (Lipinski definition) is 7. The predicted octanol–water partition coefficient (Wildman–Crippen LogP) is 5.70. The van der Waals surface area contributed by atoms with Gasteiger partial charge in [-0.25, -0.2) is 4.68 Å². The summed E-state index contributed by atoms with van der Waals surface area (Å²) < 4.78 is 15.1. The van der Waals surface area contributed by atoms with E-state index in [-0.39, 0.29) is 5.56 Å². The number of thiazole rings is 1. The number of benzene rings is 3. The fraction of sp³-hybridized carbons (Fsp3) is 0.0625. The molecule has 9 heteroatoms. The maximum atomic E-state index is 13.3. The van der Waals surface area contributed by atoms with Gasteiger partial charge in [-0.2, -0.15) is 14.6 Å². The molecule has 0 spiro atoms. The monoisotopic (exact) mass is 557 g/mol. The maximum absolute atomic E-state index is 13.3. The second-order valence-corrected chi connectivity index (χ2v) is 10.5. The van der Waals surface area contributed by atoms with Gasteiger partial charge in [0, 0.05) is 17.3 Å². The van der Waals surface area contributed by atoms with E-state index in [4.69, 9.17) is 14.3 Å². The molecule has 0 saturated carbocycles. The van der Waals surface area contributed by atoms with Crippen LogP contribution in [0.15, 0.2) is 113 Å². The van der Waals surface area contributed by atoms with Crippen LogP contribution in [0.2, 0.25) is 0 Å². The van der Waals surface area contributed by atoms with Gasteiger partial charge < -0.3 is 9.15 Å². The third kappa shape index (κ3) is 4.83. The van der Waals surface area contributed by atoms with Crippen LogP contribution in [-0.4, -0.2) is 24.4 Å². The number of hydrogen-bond donors (Lipinski definition) is 0. The lowest BCUT2D eigenvalue weighted by Crippen LogP contribution is -2.23. The molecule has 0 aliphatic rings. The minimum absolute atomic E-state index is 0.241. The number of nitrogens with zero attached hydrogens (tertiary/aromatic N) is 5. The van der Waals surface area contributed by atoms with Gasteiger partial charge in [-0.1, -0.05) is 59.9 Å². The summed E-state index contributed by atoms with van der Waals surface area (Å²) >= 11 is 1.28. The Labute approximate surface area is 238 Å². The Hall–Kier alpha value is -5.28. The van der Waals surface area contributed by atoms with Crippen molar-refractivity contribution in [1.29, 1.82) is 0 Å². The number of fused-ring (bicyclic) bond motifs is 1. The predicted molar refractivity (Wildman–Crippen MR) is 158 cm³/mol. The van der Waals surface area contributed by atoms with Crippen LogP contribution >= 0.6 is 11.3 Å². The first kappa shape index (κ1) is 24.7. The Bertz CT molecular complexity index is 2080. The highest BCUT2D eigenvalue weighted by molar-refractivity contribution is 7.15. The summed E-state index contributed by atoms with van der Waals surface area (Å²) in [6.07, 6.45) is 5.34. The molecule has 0 radical (unpaired) electrons. The van der Waals surface area contributed by atoms with Gasteiger partial charge in [-0.05, 0) is 66.6 Å². The third-order valence-electron chi connectivity index (χ3n) is 6.66. The van der Waals surface area contributed by atoms with Crippen LogP contribution in [-0.2, 0) is 6.61 Å². The van der Waals surface area contributed by atoms with E-state index in [1.807, 2.05) is 96.7 Å². The van der Waals surface area contributed by atoms with Crippen LogP contribution in [0.5, 0.6) is 5.75 Å². The van der Waals surface area contributed by atoms with Crippen molar-refractivity contribution in [2.45, 2.75) is 13.5 Å². The van der Waals surface area contributed by atoms with Crippen LogP contribution in [0.1, 0.15) is 16.7 Å². The number of aryl methyl sites for hydroxylation is 1. The van der Waals surface area contributed by atoms with Crippen molar-refractivity contribution in [3.8, 4) is 34.3 Å². The number of furan rings is 1. The first-order valence-electron chi connectivity index (χ1n) is 13.0. The van der Waals surface area contributed by atoms with E-state index >= 15 is 0 Å². The summed E-state index contributed by atoms with van der Waals surface area (Å²) in [5, 5.41) is 9.29. The molecule has 0 fully saturated rings. The summed E-state index contributed by atoms with van der Waals surface area (Å²) in [5.74, 6) is 1.71. The number of rotatable bonds is 7. The third-order valence-corrected chi connectivity index (χ3v) is 7.62. The van der Waals surface area contributed by atoms with Crippen LogP contribution in [0.3, 0.4) is 0 Å². The SMILES string of the molecule is Cc1cc(-c2nn(-c3ccccc3)cc2/C=c2\sc3nc(-c4ccco4)nn3c2=O)ccc1OCc1ccccc1. The molecule has 4 heterocycles. The molecule has 7 aromatic rings. The van der Waals surface area contributed by atoms with E-state index in [9.17, 15) is 4.79 Å². The van der Waals surface area contributed by atoms with Gasteiger partial charge in [0.15, 0.2) is 5.76 Å². The summed E-state index contributed by atoms with van der Waals surface area (Å²) in [7, 11) is 0. The zero-order valence-electron chi connectivity index (χ0n) is 22.0. The second-order valence-electron chi connectivity index (χ2n) is 9.49. The van der Waals surface area contributed by atoms with E-state index in [0.29, 0.717) is 27.7 Å². The molecule has 8 nitrogen and oxygen atoms in total. The Kier molecular flexibility index (Phi) is 6.25. The zero-order chi connectivity index (χ0) is 27.8. The second kappa shape index (κ2) is 10.4. The molecule has 0 bridgehead atoms. The Balaban J connectivity index is 1.28. The Morgan fingerprint density at radius 2 is 1.76 bits per heavy atom. The summed E-state index contributed by atoms with van der Waals surface area (Å²) in [4.78, 5) is 18.3. The van der Waals surface area contributed by atoms with Gasteiger partial charge in [0.05, 0.1) is 16.5 Å². The highest BCUT2D eigenvalue weighted by atomic mass is 32.1. The molecule has 0 atom stereocenters. The van der Waals surface area contributed by atoms with Crippen molar-refractivity contribution >= 4 is 22.4 Å². The summed E-state index contributed by atoms with van der Waals surface area (Å²) in [5.41, 5.74) is 5.25. The van der Waals surface area contributed by atoms with Crippen molar-refractivity contribution in [2.75, 3.05) is 0 Å². The molecule has 200 valence electrons. The Morgan fingerprint density at radius 1 is 0.951 bits per heavy atom. The first-order chi connectivity index (χ1) is 20.1. The van der Waals surface area contributed by atoms with Crippen LogP contribution in [0.25, 0.3) is 39.6 Å². The first-order valence-corrected chi connectivity index (χ1v) is 13.8. The van der Waals surface area contributed by atoms with E-state index in [1.54, 1.807) is 18.4 Å². The van der Waals surface area contributed by atoms with Crippen molar-refractivity contribution in [3.63, 3.8) is 0 Å². The van der Waals surface area contributed by atoms with Crippen molar-refractivity contribution < 1.29 is 9.15 Å². The molecule has 41 heavy (non-hydrogen) atoms. The minimum atomic E-state index is -0.241. The van der Waals surface area contributed by atoms with Gasteiger partial charge in [0.2, 0.25) is 10.8 Å². The molecule has 3 aromatic carbocycles. The Morgan fingerprint density at radius 3 is 2.49 bits per heavy atom. The zero-order valence-corrected chi connectivity index (χ0v) is 22.8. The van der Waals surface area contributed by atoms with Crippen molar-refractivity contribution in [3.05, 3.63) is 135 Å². The molecule has 4 aromatic heterocycles. The van der Waals surface area contributed by atoms with E-state index in [1.165, 1.54) is 15.9 Å². The largest absolute Gasteiger partial charge is 0.489 e. The normalized spacial score (nSPS) is 11.9. The van der Waals surface area contributed by atoms with Gasteiger partial charge in [0.25, 0.3) is 5.56 Å². The minimum Gasteiger partial charge on any atom is -0.489 e. The van der Waals surface area contributed by atoms with Crippen molar-refractivity contribution in [1.82, 2.24) is 24.4 Å². The molecular formula is C32H23N5O3S. The van der Waals surface area contributed by atoms with Gasteiger partial charge in [-0.15, -0.1) is 5.10 Å². The highest BCUT2D eigenvalue weighted by Crippen LogP contribution is 2.29. The summed E-state index contributed by atoms with van der Waals surface area (Å²) in [6, 6.07) is 29.5. The van der Waals surface area contributed by atoms with Gasteiger partial charge in [-0.3, -0.25) is 4.79 Å².